The number of phenols is 1. The number of benzene rings is 2. The molecule has 0 aromatic heterocycles. The van der Waals surface area contributed by atoms with Crippen LogP contribution >= 0.6 is 11.8 Å². The first-order valence-electron chi connectivity index (χ1n) is 9.48. The molecule has 7 heteroatoms. The average Bonchev–Trinajstić information content (AvgIpc) is 3.00. The van der Waals surface area contributed by atoms with Crippen molar-refractivity contribution in [1.82, 2.24) is 4.90 Å². The summed E-state index contributed by atoms with van der Waals surface area (Å²) in [5.74, 6) is 1.15. The number of carbonyl (C=O) groups is 1. The van der Waals surface area contributed by atoms with Gasteiger partial charge in [0.05, 0.1) is 18.6 Å². The summed E-state index contributed by atoms with van der Waals surface area (Å²) in [5, 5.41) is 10.7. The van der Waals surface area contributed by atoms with Crippen LogP contribution in [0.3, 0.4) is 0 Å². The molecule has 1 saturated heterocycles. The van der Waals surface area contributed by atoms with Gasteiger partial charge in [0.15, 0.2) is 16.7 Å². The van der Waals surface area contributed by atoms with Gasteiger partial charge in [0.25, 0.3) is 5.91 Å². The van der Waals surface area contributed by atoms with Crippen LogP contribution in [0.15, 0.2) is 59.0 Å². The van der Waals surface area contributed by atoms with Gasteiger partial charge in [0.1, 0.15) is 11.4 Å². The van der Waals surface area contributed by atoms with Crippen LogP contribution in [0.2, 0.25) is 0 Å². The van der Waals surface area contributed by atoms with Crippen molar-refractivity contribution in [2.45, 2.75) is 13.8 Å². The Kier molecular flexibility index (Phi) is 6.84. The second kappa shape index (κ2) is 9.54. The molecule has 30 heavy (non-hydrogen) atoms. The summed E-state index contributed by atoms with van der Waals surface area (Å²) in [6, 6.07) is 10.7. The first kappa shape index (κ1) is 21.5. The van der Waals surface area contributed by atoms with E-state index in [1.54, 1.807) is 31.4 Å². The molecule has 1 N–H and O–H groups in total. The predicted octanol–water partition coefficient (Wildman–Crippen LogP) is 4.90. The lowest BCUT2D eigenvalue weighted by Gasteiger charge is -2.13. The van der Waals surface area contributed by atoms with E-state index in [4.69, 9.17) is 9.47 Å². The minimum atomic E-state index is -0.168. The molecule has 0 spiro atoms. The molecule has 0 unspecified atom stereocenters. The van der Waals surface area contributed by atoms with Gasteiger partial charge in [-0.05, 0) is 67.1 Å². The zero-order chi connectivity index (χ0) is 21.7. The van der Waals surface area contributed by atoms with Gasteiger partial charge in [-0.25, -0.2) is 4.99 Å². The van der Waals surface area contributed by atoms with Gasteiger partial charge >= 0.3 is 0 Å². The molecule has 6 nitrogen and oxygen atoms in total. The number of amides is 1. The summed E-state index contributed by atoms with van der Waals surface area (Å²) >= 11 is 1.25. The smallest absolute Gasteiger partial charge is 0.267 e. The maximum absolute atomic E-state index is 13.0. The van der Waals surface area contributed by atoms with Gasteiger partial charge in [-0.3, -0.25) is 9.69 Å². The third-order valence-corrected chi connectivity index (χ3v) is 5.34. The molecule has 0 atom stereocenters. The largest absolute Gasteiger partial charge is 0.506 e. The Labute approximate surface area is 180 Å². The van der Waals surface area contributed by atoms with Crippen LogP contribution < -0.4 is 9.47 Å². The number of nitrogens with zero attached hydrogens (tertiary/aromatic N) is 2. The molecule has 0 radical (unpaired) electrons. The number of thioether (sulfide) groups is 1. The highest BCUT2D eigenvalue weighted by molar-refractivity contribution is 8.18. The van der Waals surface area contributed by atoms with Gasteiger partial charge in [-0.15, -0.1) is 6.58 Å². The molecule has 2 aromatic rings. The number of rotatable bonds is 7. The molecular formula is C23H24N2O4S. The van der Waals surface area contributed by atoms with Crippen LogP contribution in [0.25, 0.3) is 6.08 Å². The predicted molar refractivity (Wildman–Crippen MR) is 122 cm³/mol. The summed E-state index contributed by atoms with van der Waals surface area (Å²) in [6.45, 7) is 8.38. The van der Waals surface area contributed by atoms with Crippen molar-refractivity contribution < 1.29 is 19.4 Å². The van der Waals surface area contributed by atoms with Gasteiger partial charge in [0, 0.05) is 6.54 Å². The normalized spacial score (nSPS) is 16.4. The highest BCUT2D eigenvalue weighted by Crippen LogP contribution is 2.37. The standard InChI is InChI=1S/C23H24N2O4S/c1-5-11-25-22(27)21(14-16-8-10-19(29-6-2)20(13-16)28-4)30-23(25)24-17-9-7-15(3)12-18(17)26/h5,7-10,12-14,26H,1,6,11H2,2-4H3/b21-14-,24-23?. The molecule has 1 heterocycles. The lowest BCUT2D eigenvalue weighted by atomic mass is 10.2. The fourth-order valence-electron chi connectivity index (χ4n) is 2.91. The van der Waals surface area contributed by atoms with Crippen LogP contribution in [0.5, 0.6) is 17.2 Å². The maximum Gasteiger partial charge on any atom is 0.267 e. The van der Waals surface area contributed by atoms with E-state index in [-0.39, 0.29) is 11.7 Å². The van der Waals surface area contributed by atoms with E-state index in [1.807, 2.05) is 38.1 Å². The van der Waals surface area contributed by atoms with E-state index in [0.29, 0.717) is 40.4 Å². The van der Waals surface area contributed by atoms with Crippen LogP contribution in [0.1, 0.15) is 18.1 Å². The van der Waals surface area contributed by atoms with Crippen LogP contribution in [0.4, 0.5) is 5.69 Å². The molecule has 0 saturated carbocycles. The van der Waals surface area contributed by atoms with Crippen molar-refractivity contribution in [3.8, 4) is 17.2 Å². The Morgan fingerprint density at radius 1 is 1.23 bits per heavy atom. The molecule has 1 aliphatic heterocycles. The number of carbonyl (C=O) groups excluding carboxylic acids is 1. The Balaban J connectivity index is 1.96. The lowest BCUT2D eigenvalue weighted by Crippen LogP contribution is -2.29. The molecule has 1 amide bonds. The third-order valence-electron chi connectivity index (χ3n) is 4.33. The highest BCUT2D eigenvalue weighted by Gasteiger charge is 2.32. The SMILES string of the molecule is C=CCN1C(=O)/C(=C/c2ccc(OCC)c(OC)c2)SC1=Nc1ccc(C)cc1O. The topological polar surface area (TPSA) is 71.4 Å². The molecule has 2 aromatic carbocycles. The number of phenolic OH excluding ortho intramolecular Hbond substituents is 1. The number of hydrogen-bond donors (Lipinski definition) is 1. The zero-order valence-electron chi connectivity index (χ0n) is 17.2. The van der Waals surface area contributed by atoms with E-state index >= 15 is 0 Å². The molecule has 0 bridgehead atoms. The Bertz CT molecular complexity index is 1030. The molecule has 156 valence electrons. The lowest BCUT2D eigenvalue weighted by molar-refractivity contribution is -0.121. The number of aryl methyl sites for hydroxylation is 1. The number of aromatic hydroxyl groups is 1. The van der Waals surface area contributed by atoms with Crippen molar-refractivity contribution >= 4 is 34.6 Å². The Hall–Kier alpha value is -3.19. The van der Waals surface area contributed by atoms with Crippen molar-refractivity contribution in [1.29, 1.82) is 0 Å². The molecular weight excluding hydrogens is 400 g/mol. The molecule has 0 aliphatic carbocycles. The van der Waals surface area contributed by atoms with E-state index in [9.17, 15) is 9.90 Å². The van der Waals surface area contributed by atoms with Crippen molar-refractivity contribution in [3.05, 3.63) is 65.1 Å². The summed E-state index contributed by atoms with van der Waals surface area (Å²) in [5.41, 5.74) is 2.15. The zero-order valence-corrected chi connectivity index (χ0v) is 18.0. The number of methoxy groups -OCH3 is 1. The van der Waals surface area contributed by atoms with Gasteiger partial charge in [-0.1, -0.05) is 18.2 Å². The number of hydrogen-bond acceptors (Lipinski definition) is 6. The van der Waals surface area contributed by atoms with Crippen molar-refractivity contribution in [3.63, 3.8) is 0 Å². The quantitative estimate of drug-likeness (QED) is 0.506. The van der Waals surface area contributed by atoms with E-state index in [0.717, 1.165) is 11.1 Å². The summed E-state index contributed by atoms with van der Waals surface area (Å²) < 4.78 is 10.9. The molecule has 1 aliphatic rings. The van der Waals surface area contributed by atoms with Gasteiger partial charge in [0.2, 0.25) is 0 Å². The number of amidine groups is 1. The maximum atomic E-state index is 13.0. The average molecular weight is 425 g/mol. The van der Waals surface area contributed by atoms with Crippen LogP contribution in [0, 0.1) is 6.92 Å². The van der Waals surface area contributed by atoms with Gasteiger partial charge < -0.3 is 14.6 Å². The summed E-state index contributed by atoms with van der Waals surface area (Å²) in [4.78, 5) is 19.5. The molecule has 3 rings (SSSR count). The minimum Gasteiger partial charge on any atom is -0.506 e. The monoisotopic (exact) mass is 424 g/mol. The van der Waals surface area contributed by atoms with Crippen LogP contribution in [-0.4, -0.2) is 41.3 Å². The van der Waals surface area contributed by atoms with Crippen molar-refractivity contribution in [2.75, 3.05) is 20.3 Å². The van der Waals surface area contributed by atoms with Gasteiger partial charge in [-0.2, -0.15) is 0 Å². The van der Waals surface area contributed by atoms with Crippen molar-refractivity contribution in [2.24, 2.45) is 4.99 Å². The van der Waals surface area contributed by atoms with Crippen LogP contribution in [-0.2, 0) is 4.79 Å². The fraction of sp³-hybridized carbons (Fsp3) is 0.217. The summed E-state index contributed by atoms with van der Waals surface area (Å²) in [6.07, 6.45) is 3.44. The molecule has 1 fully saturated rings. The first-order valence-corrected chi connectivity index (χ1v) is 10.3. The first-order chi connectivity index (χ1) is 14.5. The highest BCUT2D eigenvalue weighted by atomic mass is 32.2. The number of ether oxygens (including phenoxy) is 2. The second-order valence-electron chi connectivity index (χ2n) is 6.54. The van der Waals surface area contributed by atoms with E-state index in [2.05, 4.69) is 11.6 Å². The Morgan fingerprint density at radius 2 is 2.03 bits per heavy atom. The minimum absolute atomic E-state index is 0.0720. The van der Waals surface area contributed by atoms with E-state index in [1.165, 1.54) is 16.7 Å². The number of aliphatic imine (C=N–C) groups is 1. The van der Waals surface area contributed by atoms with E-state index < -0.39 is 0 Å². The fourth-order valence-corrected chi connectivity index (χ4v) is 3.91. The summed E-state index contributed by atoms with van der Waals surface area (Å²) in [7, 11) is 1.58. The third kappa shape index (κ3) is 4.68. The Morgan fingerprint density at radius 3 is 2.70 bits per heavy atom. The second-order valence-corrected chi connectivity index (χ2v) is 7.55.